The van der Waals surface area contributed by atoms with E-state index in [1.807, 2.05) is 0 Å². The molecule has 1 unspecified atom stereocenters. The second kappa shape index (κ2) is 5.26. The fraction of sp³-hybridized carbons (Fsp3) is 0.667. The van der Waals surface area contributed by atoms with Gasteiger partial charge in [-0.1, -0.05) is 20.8 Å². The third kappa shape index (κ3) is 3.44. The van der Waals surface area contributed by atoms with E-state index in [0.29, 0.717) is 11.7 Å². The van der Waals surface area contributed by atoms with E-state index in [0.717, 1.165) is 31.8 Å². The Bertz CT molecular complexity index is 446. The predicted molar refractivity (Wildman–Crippen MR) is 73.6 cm³/mol. The highest BCUT2D eigenvalue weighted by Crippen LogP contribution is 2.35. The molecule has 0 N–H and O–H groups in total. The minimum Gasteiger partial charge on any atom is -0.356 e. The maximum atomic E-state index is 12.5. The monoisotopic (exact) mass is 286 g/mol. The number of anilines is 1. The highest BCUT2D eigenvalue weighted by atomic mass is 19.4. The van der Waals surface area contributed by atoms with Crippen molar-refractivity contribution in [3.05, 3.63) is 23.9 Å². The van der Waals surface area contributed by atoms with Gasteiger partial charge in [-0.15, -0.1) is 0 Å². The van der Waals surface area contributed by atoms with Crippen molar-refractivity contribution in [2.75, 3.05) is 18.0 Å². The summed E-state index contributed by atoms with van der Waals surface area (Å²) < 4.78 is 37.6. The minimum absolute atomic E-state index is 0.213. The second-order valence-electron chi connectivity index (χ2n) is 6.55. The lowest BCUT2D eigenvalue weighted by Gasteiger charge is -2.40. The van der Waals surface area contributed by atoms with Crippen LogP contribution in [0, 0.1) is 11.3 Å². The number of nitrogens with zero attached hydrogens (tertiary/aromatic N) is 2. The van der Waals surface area contributed by atoms with E-state index >= 15 is 0 Å². The van der Waals surface area contributed by atoms with E-state index in [4.69, 9.17) is 0 Å². The van der Waals surface area contributed by atoms with Gasteiger partial charge in [-0.3, -0.25) is 0 Å². The van der Waals surface area contributed by atoms with Gasteiger partial charge in [0.2, 0.25) is 0 Å². The van der Waals surface area contributed by atoms with E-state index in [-0.39, 0.29) is 5.41 Å². The van der Waals surface area contributed by atoms with E-state index in [1.165, 1.54) is 12.5 Å². The van der Waals surface area contributed by atoms with Gasteiger partial charge in [-0.2, -0.15) is 13.2 Å². The Labute approximate surface area is 118 Å². The zero-order valence-corrected chi connectivity index (χ0v) is 12.2. The van der Waals surface area contributed by atoms with Crippen molar-refractivity contribution in [2.45, 2.75) is 39.8 Å². The Kier molecular flexibility index (Phi) is 3.98. The molecule has 1 aliphatic rings. The summed E-state index contributed by atoms with van der Waals surface area (Å²) >= 11 is 0. The molecule has 1 aromatic heterocycles. The largest absolute Gasteiger partial charge is 0.417 e. The van der Waals surface area contributed by atoms with E-state index < -0.39 is 11.7 Å². The molecule has 0 amide bonds. The summed E-state index contributed by atoms with van der Waals surface area (Å²) in [5, 5.41) is 0. The van der Waals surface area contributed by atoms with Gasteiger partial charge in [0, 0.05) is 19.3 Å². The number of halogens is 3. The van der Waals surface area contributed by atoms with Crippen LogP contribution < -0.4 is 4.90 Å². The number of hydrogen-bond acceptors (Lipinski definition) is 2. The first kappa shape index (κ1) is 15.1. The van der Waals surface area contributed by atoms with Crippen LogP contribution >= 0.6 is 0 Å². The smallest absolute Gasteiger partial charge is 0.356 e. The summed E-state index contributed by atoms with van der Waals surface area (Å²) in [7, 11) is 0. The van der Waals surface area contributed by atoms with Crippen LogP contribution in [-0.2, 0) is 6.18 Å². The van der Waals surface area contributed by atoms with Crippen LogP contribution in [0.1, 0.15) is 39.2 Å². The van der Waals surface area contributed by atoms with Gasteiger partial charge in [-0.05, 0) is 36.3 Å². The zero-order chi connectivity index (χ0) is 15.0. The van der Waals surface area contributed by atoms with Gasteiger partial charge in [-0.25, -0.2) is 4.98 Å². The fourth-order valence-electron chi connectivity index (χ4n) is 2.63. The van der Waals surface area contributed by atoms with Gasteiger partial charge >= 0.3 is 6.18 Å². The molecule has 5 heteroatoms. The summed E-state index contributed by atoms with van der Waals surface area (Å²) in [6, 6.07) is 2.59. The number of rotatable bonds is 1. The molecule has 2 nitrogen and oxygen atoms in total. The van der Waals surface area contributed by atoms with Crippen molar-refractivity contribution < 1.29 is 13.2 Å². The Balaban J connectivity index is 2.12. The van der Waals surface area contributed by atoms with Crippen molar-refractivity contribution in [1.82, 2.24) is 4.98 Å². The van der Waals surface area contributed by atoms with Gasteiger partial charge < -0.3 is 4.90 Å². The third-order valence-corrected chi connectivity index (χ3v) is 4.05. The standard InChI is InChI=1S/C15H21F3N2/c1-14(2,3)12-5-4-8-20(10-12)13-7-6-11(9-19-13)15(16,17)18/h6-7,9,12H,4-5,8,10H2,1-3H3. The molecule has 2 rings (SSSR count). The first-order chi connectivity index (χ1) is 9.18. The maximum Gasteiger partial charge on any atom is 0.417 e. The number of aromatic nitrogens is 1. The highest BCUT2D eigenvalue weighted by molar-refractivity contribution is 5.40. The summed E-state index contributed by atoms with van der Waals surface area (Å²) in [6.07, 6.45) is -1.16. The van der Waals surface area contributed by atoms with Crippen LogP contribution in [0.2, 0.25) is 0 Å². The quantitative estimate of drug-likeness (QED) is 0.762. The van der Waals surface area contributed by atoms with Crippen molar-refractivity contribution in [3.8, 4) is 0 Å². The van der Waals surface area contributed by atoms with Crippen LogP contribution in [-0.4, -0.2) is 18.1 Å². The van der Waals surface area contributed by atoms with E-state index in [2.05, 4.69) is 30.7 Å². The van der Waals surface area contributed by atoms with Crippen LogP contribution in [0.5, 0.6) is 0 Å². The average Bonchev–Trinajstić information content (AvgIpc) is 2.37. The maximum absolute atomic E-state index is 12.5. The second-order valence-corrected chi connectivity index (χ2v) is 6.55. The Morgan fingerprint density at radius 3 is 2.40 bits per heavy atom. The predicted octanol–water partition coefficient (Wildman–Crippen LogP) is 4.36. The summed E-state index contributed by atoms with van der Waals surface area (Å²) in [5.41, 5.74) is -0.476. The van der Waals surface area contributed by atoms with Crippen molar-refractivity contribution in [2.24, 2.45) is 11.3 Å². The molecule has 1 fully saturated rings. The SMILES string of the molecule is CC(C)(C)C1CCCN(c2ccc(C(F)(F)F)cn2)C1. The zero-order valence-electron chi connectivity index (χ0n) is 12.2. The molecule has 2 heterocycles. The first-order valence-corrected chi connectivity index (χ1v) is 6.96. The van der Waals surface area contributed by atoms with Crippen LogP contribution in [0.3, 0.4) is 0 Å². The lowest BCUT2D eigenvalue weighted by Crippen LogP contribution is -2.41. The van der Waals surface area contributed by atoms with Gasteiger partial charge in [0.25, 0.3) is 0 Å². The molecule has 0 saturated carbocycles. The number of hydrogen-bond donors (Lipinski definition) is 0. The van der Waals surface area contributed by atoms with Crippen LogP contribution in [0.15, 0.2) is 18.3 Å². The molecule has 0 spiro atoms. The molecule has 1 aromatic rings. The summed E-state index contributed by atoms with van der Waals surface area (Å²) in [4.78, 5) is 6.09. The Hall–Kier alpha value is -1.26. The molecule has 1 saturated heterocycles. The highest BCUT2D eigenvalue weighted by Gasteiger charge is 2.32. The molecule has 20 heavy (non-hydrogen) atoms. The Morgan fingerprint density at radius 1 is 1.20 bits per heavy atom. The third-order valence-electron chi connectivity index (χ3n) is 4.05. The molecule has 1 atom stereocenters. The topological polar surface area (TPSA) is 16.1 Å². The normalized spacial score (nSPS) is 21.1. The Morgan fingerprint density at radius 2 is 1.90 bits per heavy atom. The van der Waals surface area contributed by atoms with E-state index in [9.17, 15) is 13.2 Å². The minimum atomic E-state index is -4.32. The molecular formula is C15H21F3N2. The number of alkyl halides is 3. The van der Waals surface area contributed by atoms with Crippen molar-refractivity contribution >= 4 is 5.82 Å². The van der Waals surface area contributed by atoms with Gasteiger partial charge in [0.05, 0.1) is 5.56 Å². The molecule has 112 valence electrons. The molecular weight excluding hydrogens is 265 g/mol. The lowest BCUT2D eigenvalue weighted by atomic mass is 9.76. The van der Waals surface area contributed by atoms with Gasteiger partial charge in [0.1, 0.15) is 5.82 Å². The van der Waals surface area contributed by atoms with Crippen LogP contribution in [0.4, 0.5) is 19.0 Å². The van der Waals surface area contributed by atoms with Crippen molar-refractivity contribution in [3.63, 3.8) is 0 Å². The summed E-state index contributed by atoms with van der Waals surface area (Å²) in [5.74, 6) is 1.19. The van der Waals surface area contributed by atoms with Crippen LogP contribution in [0.25, 0.3) is 0 Å². The number of pyridine rings is 1. The molecule has 0 aliphatic carbocycles. The van der Waals surface area contributed by atoms with Crippen molar-refractivity contribution in [1.29, 1.82) is 0 Å². The molecule has 0 bridgehead atoms. The molecule has 0 aromatic carbocycles. The molecule has 0 radical (unpaired) electrons. The van der Waals surface area contributed by atoms with Gasteiger partial charge in [0.15, 0.2) is 0 Å². The van der Waals surface area contributed by atoms with E-state index in [1.54, 1.807) is 0 Å². The fourth-order valence-corrected chi connectivity index (χ4v) is 2.63. The number of piperidine rings is 1. The summed E-state index contributed by atoms with van der Waals surface area (Å²) in [6.45, 7) is 8.36. The average molecular weight is 286 g/mol. The first-order valence-electron chi connectivity index (χ1n) is 6.96. The molecule has 1 aliphatic heterocycles. The lowest BCUT2D eigenvalue weighted by molar-refractivity contribution is -0.137.